The van der Waals surface area contributed by atoms with Gasteiger partial charge in [-0.1, -0.05) is 38.1 Å². The molecule has 0 atom stereocenters. The number of fused-ring (bicyclic) bond motifs is 1. The summed E-state index contributed by atoms with van der Waals surface area (Å²) in [5.74, 6) is 1.12. The number of benzene rings is 2. The number of carbonyl (C=O) groups is 1. The molecule has 3 rings (SSSR count). The van der Waals surface area contributed by atoms with Crippen molar-refractivity contribution in [2.45, 2.75) is 39.2 Å². The van der Waals surface area contributed by atoms with Gasteiger partial charge in [-0.15, -0.1) is 0 Å². The first-order valence-electron chi connectivity index (χ1n) is 9.63. The monoisotopic (exact) mass is 378 g/mol. The summed E-state index contributed by atoms with van der Waals surface area (Å²) < 4.78 is 5.58. The topological polar surface area (TPSA) is 71.2 Å². The molecule has 0 aliphatic heterocycles. The number of hydrogen-bond acceptors (Lipinski definition) is 3. The maximum absolute atomic E-state index is 12.3. The van der Waals surface area contributed by atoms with Crippen molar-refractivity contribution in [1.29, 1.82) is 0 Å². The van der Waals surface area contributed by atoms with Crippen LogP contribution < -0.4 is 15.6 Å². The second-order valence-corrected chi connectivity index (χ2v) is 7.17. The summed E-state index contributed by atoms with van der Waals surface area (Å²) in [6.07, 6.45) is 0.975. The molecule has 0 bridgehead atoms. The van der Waals surface area contributed by atoms with E-state index in [-0.39, 0.29) is 18.0 Å². The minimum atomic E-state index is -0.169. The molecule has 0 spiro atoms. The molecule has 1 aromatic heterocycles. The Morgan fingerprint density at radius 3 is 2.64 bits per heavy atom. The van der Waals surface area contributed by atoms with Crippen molar-refractivity contribution >= 4 is 16.8 Å². The predicted molar refractivity (Wildman–Crippen MR) is 112 cm³/mol. The molecule has 146 valence electrons. The second kappa shape index (κ2) is 9.22. The smallest absolute Gasteiger partial charge is 0.253 e. The van der Waals surface area contributed by atoms with Crippen molar-refractivity contribution in [2.24, 2.45) is 0 Å². The van der Waals surface area contributed by atoms with Gasteiger partial charge in [-0.3, -0.25) is 9.59 Å². The highest BCUT2D eigenvalue weighted by Crippen LogP contribution is 2.20. The van der Waals surface area contributed by atoms with Crippen LogP contribution in [0.2, 0.25) is 0 Å². The van der Waals surface area contributed by atoms with Crippen LogP contribution in [0, 0.1) is 0 Å². The van der Waals surface area contributed by atoms with Crippen LogP contribution >= 0.6 is 0 Å². The third-order valence-corrected chi connectivity index (χ3v) is 4.65. The molecule has 5 nitrogen and oxygen atoms in total. The molecule has 0 aliphatic rings. The van der Waals surface area contributed by atoms with Gasteiger partial charge in [0.1, 0.15) is 5.75 Å². The van der Waals surface area contributed by atoms with Gasteiger partial charge in [0.05, 0.1) is 6.61 Å². The number of pyridine rings is 1. The molecule has 2 aromatic carbocycles. The van der Waals surface area contributed by atoms with E-state index in [2.05, 4.69) is 30.2 Å². The zero-order valence-corrected chi connectivity index (χ0v) is 16.3. The molecule has 0 radical (unpaired) electrons. The Hall–Kier alpha value is -3.08. The lowest BCUT2D eigenvalue weighted by Gasteiger charge is -2.09. The standard InChI is InChI=1S/C23H26N2O3/c1-16(2)17-10-11-21-18(13-17)14-19(23(27)25-21)15-24-22(26)9-6-12-28-20-7-4-3-5-8-20/h3-5,7-8,10-11,13-14,16H,6,9,12,15H2,1-2H3,(H,24,26)(H,25,27). The maximum Gasteiger partial charge on any atom is 0.253 e. The number of para-hydroxylation sites is 1. The van der Waals surface area contributed by atoms with E-state index < -0.39 is 0 Å². The molecule has 0 fully saturated rings. The van der Waals surface area contributed by atoms with E-state index in [1.165, 1.54) is 5.56 Å². The molecule has 1 amide bonds. The Balaban J connectivity index is 1.53. The van der Waals surface area contributed by atoms with Crippen molar-refractivity contribution in [3.8, 4) is 5.75 Å². The lowest BCUT2D eigenvalue weighted by Crippen LogP contribution is -2.26. The van der Waals surface area contributed by atoms with Crippen LogP contribution in [-0.2, 0) is 11.3 Å². The van der Waals surface area contributed by atoms with Gasteiger partial charge in [0.15, 0.2) is 0 Å². The zero-order chi connectivity index (χ0) is 19.9. The van der Waals surface area contributed by atoms with E-state index in [4.69, 9.17) is 4.74 Å². The van der Waals surface area contributed by atoms with Crippen LogP contribution in [0.5, 0.6) is 5.75 Å². The predicted octanol–water partition coefficient (Wildman–Crippen LogP) is 4.13. The summed E-state index contributed by atoms with van der Waals surface area (Å²) in [6, 6.07) is 17.4. The Morgan fingerprint density at radius 1 is 1.11 bits per heavy atom. The lowest BCUT2D eigenvalue weighted by atomic mass is 10.0. The van der Waals surface area contributed by atoms with Crippen molar-refractivity contribution < 1.29 is 9.53 Å². The van der Waals surface area contributed by atoms with Crippen LogP contribution in [0.1, 0.15) is 43.7 Å². The highest BCUT2D eigenvalue weighted by molar-refractivity contribution is 5.80. The van der Waals surface area contributed by atoms with E-state index in [9.17, 15) is 9.59 Å². The summed E-state index contributed by atoms with van der Waals surface area (Å²) in [6.45, 7) is 4.96. The van der Waals surface area contributed by atoms with Gasteiger partial charge in [-0.05, 0) is 53.6 Å². The minimum absolute atomic E-state index is 0.0907. The number of rotatable bonds is 8. The number of ether oxygens (including phenoxy) is 1. The molecule has 28 heavy (non-hydrogen) atoms. The summed E-state index contributed by atoms with van der Waals surface area (Å²) >= 11 is 0. The van der Waals surface area contributed by atoms with Crippen LogP contribution in [0.15, 0.2) is 59.4 Å². The van der Waals surface area contributed by atoms with Gasteiger partial charge in [0.2, 0.25) is 5.91 Å². The molecular weight excluding hydrogens is 352 g/mol. The Morgan fingerprint density at radius 2 is 1.89 bits per heavy atom. The first-order chi connectivity index (χ1) is 13.5. The average molecular weight is 378 g/mol. The Labute approximate surface area is 164 Å². The third kappa shape index (κ3) is 5.22. The van der Waals surface area contributed by atoms with Crippen molar-refractivity contribution in [3.05, 3.63) is 76.1 Å². The Kier molecular flexibility index (Phi) is 6.48. The highest BCUT2D eigenvalue weighted by atomic mass is 16.5. The average Bonchev–Trinajstić information content (AvgIpc) is 2.70. The first kappa shape index (κ1) is 19.7. The maximum atomic E-state index is 12.3. The molecule has 0 saturated heterocycles. The van der Waals surface area contributed by atoms with E-state index in [0.29, 0.717) is 30.9 Å². The highest BCUT2D eigenvalue weighted by Gasteiger charge is 2.08. The normalized spacial score (nSPS) is 11.0. The minimum Gasteiger partial charge on any atom is -0.494 e. The number of amides is 1. The van der Waals surface area contributed by atoms with E-state index in [1.807, 2.05) is 48.5 Å². The van der Waals surface area contributed by atoms with Gasteiger partial charge in [-0.25, -0.2) is 0 Å². The van der Waals surface area contributed by atoms with Crippen molar-refractivity contribution in [2.75, 3.05) is 6.61 Å². The molecule has 2 N–H and O–H groups in total. The number of H-pyrrole nitrogens is 1. The molecule has 3 aromatic rings. The van der Waals surface area contributed by atoms with Crippen LogP contribution in [0.25, 0.3) is 10.9 Å². The van der Waals surface area contributed by atoms with E-state index in [0.717, 1.165) is 16.7 Å². The largest absolute Gasteiger partial charge is 0.494 e. The van der Waals surface area contributed by atoms with Gasteiger partial charge in [0, 0.05) is 24.0 Å². The van der Waals surface area contributed by atoms with Gasteiger partial charge in [-0.2, -0.15) is 0 Å². The van der Waals surface area contributed by atoms with Crippen LogP contribution in [0.4, 0.5) is 0 Å². The number of aromatic amines is 1. The molecule has 0 unspecified atom stereocenters. The fourth-order valence-corrected chi connectivity index (χ4v) is 2.98. The van der Waals surface area contributed by atoms with Crippen LogP contribution in [0.3, 0.4) is 0 Å². The van der Waals surface area contributed by atoms with Crippen molar-refractivity contribution in [3.63, 3.8) is 0 Å². The van der Waals surface area contributed by atoms with Gasteiger partial charge in [0.25, 0.3) is 5.56 Å². The summed E-state index contributed by atoms with van der Waals surface area (Å²) in [5.41, 5.74) is 2.41. The Bertz CT molecular complexity index is 994. The summed E-state index contributed by atoms with van der Waals surface area (Å²) in [4.78, 5) is 27.2. The van der Waals surface area contributed by atoms with Gasteiger partial charge >= 0.3 is 0 Å². The summed E-state index contributed by atoms with van der Waals surface area (Å²) in [7, 11) is 0. The number of hydrogen-bond donors (Lipinski definition) is 2. The first-order valence-corrected chi connectivity index (χ1v) is 9.63. The fraction of sp³-hybridized carbons (Fsp3) is 0.304. The fourth-order valence-electron chi connectivity index (χ4n) is 2.98. The van der Waals surface area contributed by atoms with E-state index in [1.54, 1.807) is 0 Å². The number of aromatic nitrogens is 1. The quantitative estimate of drug-likeness (QED) is 0.579. The molecule has 0 saturated carbocycles. The molecule has 0 aliphatic carbocycles. The molecule has 1 heterocycles. The zero-order valence-electron chi connectivity index (χ0n) is 16.3. The van der Waals surface area contributed by atoms with Crippen molar-refractivity contribution in [1.82, 2.24) is 10.3 Å². The van der Waals surface area contributed by atoms with E-state index >= 15 is 0 Å². The van der Waals surface area contributed by atoms with Gasteiger partial charge < -0.3 is 15.0 Å². The lowest BCUT2D eigenvalue weighted by molar-refractivity contribution is -0.121. The van der Waals surface area contributed by atoms with Crippen LogP contribution in [-0.4, -0.2) is 17.5 Å². The number of carbonyl (C=O) groups excluding carboxylic acids is 1. The second-order valence-electron chi connectivity index (χ2n) is 7.17. The SMILES string of the molecule is CC(C)c1ccc2[nH]c(=O)c(CNC(=O)CCCOc3ccccc3)cc2c1. The molecular formula is C23H26N2O3. The molecule has 5 heteroatoms. The third-order valence-electron chi connectivity index (χ3n) is 4.65. The summed E-state index contributed by atoms with van der Waals surface area (Å²) in [5, 5.41) is 3.80. The number of nitrogens with one attached hydrogen (secondary N) is 2.